The van der Waals surface area contributed by atoms with E-state index in [-0.39, 0.29) is 12.1 Å². The molecule has 0 fully saturated rings. The van der Waals surface area contributed by atoms with Gasteiger partial charge in [0.05, 0.1) is 5.56 Å². The number of fused-ring (bicyclic) bond motifs is 3. The molecular formula is C23H22N2O2S. The normalized spacial score (nSPS) is 17.9. The summed E-state index contributed by atoms with van der Waals surface area (Å²) in [5.74, 6) is 0.865. The largest absolute Gasteiger partial charge is 0.489 e. The predicted molar refractivity (Wildman–Crippen MR) is 112 cm³/mol. The third-order valence-corrected chi connectivity index (χ3v) is 6.63. The van der Waals surface area contributed by atoms with Gasteiger partial charge in [-0.3, -0.25) is 4.79 Å². The fourth-order valence-electron chi connectivity index (χ4n) is 3.94. The van der Waals surface area contributed by atoms with Gasteiger partial charge in [-0.2, -0.15) is 0 Å². The van der Waals surface area contributed by atoms with Crippen LogP contribution in [0.15, 0.2) is 54.6 Å². The maximum absolute atomic E-state index is 12.8. The van der Waals surface area contributed by atoms with Crippen LogP contribution in [0.25, 0.3) is 0 Å². The Morgan fingerprint density at radius 2 is 1.75 bits per heavy atom. The Bertz CT molecular complexity index is 995. The Labute approximate surface area is 168 Å². The van der Waals surface area contributed by atoms with Gasteiger partial charge in [-0.15, -0.1) is 11.3 Å². The zero-order valence-electron chi connectivity index (χ0n) is 15.5. The lowest BCUT2D eigenvalue weighted by Crippen LogP contribution is -2.38. The average molecular weight is 391 g/mol. The lowest BCUT2D eigenvalue weighted by molar-refractivity contribution is 0.0935. The van der Waals surface area contributed by atoms with E-state index in [1.807, 2.05) is 54.6 Å². The highest BCUT2D eigenvalue weighted by Gasteiger charge is 2.31. The zero-order valence-corrected chi connectivity index (χ0v) is 16.4. The first kappa shape index (κ1) is 17.3. The van der Waals surface area contributed by atoms with Gasteiger partial charge < -0.3 is 15.4 Å². The Morgan fingerprint density at radius 3 is 2.57 bits per heavy atom. The van der Waals surface area contributed by atoms with Crippen molar-refractivity contribution in [3.8, 4) is 5.75 Å². The molecule has 1 aliphatic heterocycles. The van der Waals surface area contributed by atoms with Gasteiger partial charge >= 0.3 is 0 Å². The molecular weight excluding hydrogens is 368 g/mol. The van der Waals surface area contributed by atoms with Gasteiger partial charge in [-0.05, 0) is 54.5 Å². The van der Waals surface area contributed by atoms with E-state index in [0.717, 1.165) is 40.3 Å². The Balaban J connectivity index is 1.30. The summed E-state index contributed by atoms with van der Waals surface area (Å²) in [5, 5.41) is 7.66. The van der Waals surface area contributed by atoms with Crippen LogP contribution in [0.3, 0.4) is 0 Å². The molecule has 0 radical (unpaired) electrons. The van der Waals surface area contributed by atoms with Crippen LogP contribution in [0, 0.1) is 0 Å². The molecule has 28 heavy (non-hydrogen) atoms. The molecule has 4 nitrogen and oxygen atoms in total. The van der Waals surface area contributed by atoms with Crippen LogP contribution in [0.5, 0.6) is 5.75 Å². The molecule has 2 N–H and O–H groups in total. The smallest absolute Gasteiger partial charge is 0.256 e. The number of rotatable bonds is 4. The zero-order chi connectivity index (χ0) is 18.9. The minimum Gasteiger partial charge on any atom is -0.489 e. The average Bonchev–Trinajstić information content (AvgIpc) is 3.12. The number of aryl methyl sites for hydroxylation is 1. The lowest BCUT2D eigenvalue weighted by atomic mass is 9.94. The summed E-state index contributed by atoms with van der Waals surface area (Å²) in [6.07, 6.45) is 4.32. The second kappa shape index (κ2) is 7.32. The molecule has 2 aliphatic rings. The minimum atomic E-state index is -0.205. The van der Waals surface area contributed by atoms with E-state index in [1.54, 1.807) is 11.3 Å². The Morgan fingerprint density at radius 1 is 0.964 bits per heavy atom. The Kier molecular flexibility index (Phi) is 4.53. The van der Waals surface area contributed by atoms with Gasteiger partial charge in [0.15, 0.2) is 0 Å². The number of anilines is 1. The van der Waals surface area contributed by atoms with E-state index < -0.39 is 0 Å². The van der Waals surface area contributed by atoms with Crippen molar-refractivity contribution < 1.29 is 9.53 Å². The van der Waals surface area contributed by atoms with Crippen LogP contribution in [0.2, 0.25) is 0 Å². The number of thiophene rings is 1. The van der Waals surface area contributed by atoms with Crippen molar-refractivity contribution in [1.82, 2.24) is 5.32 Å². The third-order valence-electron chi connectivity index (χ3n) is 5.41. The Hall–Kier alpha value is -2.79. The topological polar surface area (TPSA) is 50.4 Å². The van der Waals surface area contributed by atoms with Gasteiger partial charge in [-0.25, -0.2) is 0 Å². The number of nitrogens with one attached hydrogen (secondary N) is 2. The molecule has 0 bridgehead atoms. The summed E-state index contributed by atoms with van der Waals surface area (Å²) in [4.78, 5) is 14.1. The van der Waals surface area contributed by atoms with Crippen LogP contribution in [-0.2, 0) is 19.4 Å². The summed E-state index contributed by atoms with van der Waals surface area (Å²) in [5.41, 5.74) is 4.30. The molecule has 3 aromatic rings. The molecule has 5 rings (SSSR count). The number of carbonyl (C=O) groups excluding carboxylic acids is 1. The highest BCUT2D eigenvalue weighted by molar-refractivity contribution is 7.16. The number of hydrogen-bond acceptors (Lipinski definition) is 4. The molecule has 2 heterocycles. The van der Waals surface area contributed by atoms with Crippen molar-refractivity contribution in [3.05, 3.63) is 81.7 Å². The van der Waals surface area contributed by atoms with E-state index in [0.29, 0.717) is 6.61 Å². The SMILES string of the molecule is O=C1NC(c2ccc(OCc3ccccc3)cc2)Nc2sc3c(c21)CCCC3. The maximum Gasteiger partial charge on any atom is 0.256 e. The summed E-state index contributed by atoms with van der Waals surface area (Å²) >= 11 is 1.75. The second-order valence-electron chi connectivity index (χ2n) is 7.31. The first-order valence-corrected chi connectivity index (χ1v) is 10.6. The van der Waals surface area contributed by atoms with E-state index in [4.69, 9.17) is 4.74 Å². The van der Waals surface area contributed by atoms with Crippen LogP contribution < -0.4 is 15.4 Å². The molecule has 0 spiro atoms. The summed E-state index contributed by atoms with van der Waals surface area (Å²) in [6.45, 7) is 0.544. The van der Waals surface area contributed by atoms with Crippen LogP contribution >= 0.6 is 11.3 Å². The molecule has 1 aromatic heterocycles. The maximum atomic E-state index is 12.8. The summed E-state index contributed by atoms with van der Waals surface area (Å²) in [7, 11) is 0. The molecule has 2 aromatic carbocycles. The summed E-state index contributed by atoms with van der Waals surface area (Å²) in [6, 6.07) is 18.1. The molecule has 1 atom stereocenters. The highest BCUT2D eigenvalue weighted by Crippen LogP contribution is 2.41. The minimum absolute atomic E-state index is 0.0440. The number of hydrogen-bond donors (Lipinski definition) is 2. The van der Waals surface area contributed by atoms with Crippen molar-refractivity contribution in [2.75, 3.05) is 5.32 Å². The van der Waals surface area contributed by atoms with Gasteiger partial charge in [0.1, 0.15) is 23.5 Å². The summed E-state index contributed by atoms with van der Waals surface area (Å²) < 4.78 is 5.86. The number of ether oxygens (including phenoxy) is 1. The van der Waals surface area contributed by atoms with E-state index >= 15 is 0 Å². The molecule has 5 heteroatoms. The monoisotopic (exact) mass is 390 g/mol. The van der Waals surface area contributed by atoms with Gasteiger partial charge in [0.25, 0.3) is 5.91 Å². The van der Waals surface area contributed by atoms with Crippen molar-refractivity contribution in [2.24, 2.45) is 0 Å². The van der Waals surface area contributed by atoms with E-state index in [2.05, 4.69) is 10.6 Å². The van der Waals surface area contributed by atoms with Crippen molar-refractivity contribution in [3.63, 3.8) is 0 Å². The third kappa shape index (κ3) is 3.27. The predicted octanol–water partition coefficient (Wildman–Crippen LogP) is 5.06. The van der Waals surface area contributed by atoms with Gasteiger partial charge in [0.2, 0.25) is 0 Å². The van der Waals surface area contributed by atoms with Gasteiger partial charge in [-0.1, -0.05) is 42.5 Å². The lowest BCUT2D eigenvalue weighted by Gasteiger charge is -2.27. The number of carbonyl (C=O) groups is 1. The van der Waals surface area contributed by atoms with Gasteiger partial charge in [0, 0.05) is 4.88 Å². The van der Waals surface area contributed by atoms with E-state index in [1.165, 1.54) is 23.3 Å². The fourth-order valence-corrected chi connectivity index (χ4v) is 5.26. The molecule has 1 unspecified atom stereocenters. The molecule has 1 amide bonds. The highest BCUT2D eigenvalue weighted by atomic mass is 32.1. The number of benzene rings is 2. The van der Waals surface area contributed by atoms with Crippen molar-refractivity contribution in [1.29, 1.82) is 0 Å². The van der Waals surface area contributed by atoms with Crippen LogP contribution in [0.1, 0.15) is 50.9 Å². The standard InChI is InChI=1S/C23H22N2O2S/c26-22-20-18-8-4-5-9-19(18)28-23(20)25-21(24-22)16-10-12-17(13-11-16)27-14-15-6-2-1-3-7-15/h1-3,6-7,10-13,21,25H,4-5,8-9,14H2,(H,24,26). The van der Waals surface area contributed by atoms with E-state index in [9.17, 15) is 4.79 Å². The first-order valence-electron chi connectivity index (χ1n) is 9.76. The van der Waals surface area contributed by atoms with Crippen molar-refractivity contribution in [2.45, 2.75) is 38.5 Å². The second-order valence-corrected chi connectivity index (χ2v) is 8.41. The number of amides is 1. The molecule has 0 saturated carbocycles. The molecule has 0 saturated heterocycles. The molecule has 1 aliphatic carbocycles. The first-order chi connectivity index (χ1) is 13.8. The quantitative estimate of drug-likeness (QED) is 0.655. The van der Waals surface area contributed by atoms with Crippen molar-refractivity contribution >= 4 is 22.2 Å². The van der Waals surface area contributed by atoms with Crippen LogP contribution in [0.4, 0.5) is 5.00 Å². The fraction of sp³-hybridized carbons (Fsp3) is 0.261. The molecule has 142 valence electrons. The van der Waals surface area contributed by atoms with Crippen LogP contribution in [-0.4, -0.2) is 5.91 Å².